The van der Waals surface area contributed by atoms with Gasteiger partial charge in [-0.2, -0.15) is 0 Å². The number of phenolic OH excluding ortho intramolecular Hbond substituents is 1. The lowest BCUT2D eigenvalue weighted by Crippen LogP contribution is -2.13. The zero-order valence-corrected chi connectivity index (χ0v) is 10.3. The molecule has 1 amide bonds. The van der Waals surface area contributed by atoms with E-state index in [0.717, 1.165) is 0 Å². The van der Waals surface area contributed by atoms with Gasteiger partial charge in [0.1, 0.15) is 11.6 Å². The quantitative estimate of drug-likeness (QED) is 0.851. The Bertz CT molecular complexity index is 557. The summed E-state index contributed by atoms with van der Waals surface area (Å²) in [5.74, 6) is 0.496. The Morgan fingerprint density at radius 3 is 2.44 bits per heavy atom. The molecule has 0 aliphatic heterocycles. The predicted octanol–water partition coefficient (Wildman–Crippen LogP) is 2.66. The Kier molecular flexibility index (Phi) is 3.28. The molecule has 0 aliphatic rings. The fourth-order valence-corrected chi connectivity index (χ4v) is 1.71. The molecule has 1 aromatic heterocycles. The van der Waals surface area contributed by atoms with Crippen molar-refractivity contribution in [2.75, 3.05) is 5.32 Å². The number of hydrogen-bond donors (Lipinski definition) is 2. The first kappa shape index (κ1) is 12.1. The van der Waals surface area contributed by atoms with Gasteiger partial charge in [0.25, 0.3) is 5.91 Å². The van der Waals surface area contributed by atoms with Crippen molar-refractivity contribution in [3.05, 3.63) is 53.2 Å². The summed E-state index contributed by atoms with van der Waals surface area (Å²) in [5, 5.41) is 12.4. The van der Waals surface area contributed by atoms with Gasteiger partial charge in [-0.3, -0.25) is 4.79 Å². The minimum Gasteiger partial charge on any atom is -0.507 e. The minimum atomic E-state index is -0.236. The number of anilines is 1. The lowest BCUT2D eigenvalue weighted by Gasteiger charge is -2.08. The van der Waals surface area contributed by atoms with Crippen LogP contribution in [-0.4, -0.2) is 16.0 Å². The second kappa shape index (κ2) is 4.87. The smallest absolute Gasteiger partial charge is 0.256 e. The van der Waals surface area contributed by atoms with Gasteiger partial charge in [-0.1, -0.05) is 6.07 Å². The van der Waals surface area contributed by atoms with Crippen LogP contribution in [0.2, 0.25) is 0 Å². The summed E-state index contributed by atoms with van der Waals surface area (Å²) in [6, 6.07) is 8.61. The maximum Gasteiger partial charge on any atom is 0.256 e. The average Bonchev–Trinajstić information content (AvgIpc) is 2.36. The Balaban J connectivity index is 2.25. The molecule has 4 heteroatoms. The van der Waals surface area contributed by atoms with E-state index in [4.69, 9.17) is 0 Å². The molecule has 4 nitrogen and oxygen atoms in total. The third-order valence-corrected chi connectivity index (χ3v) is 2.66. The molecule has 0 radical (unpaired) electrons. The average molecular weight is 242 g/mol. The van der Waals surface area contributed by atoms with Crippen molar-refractivity contribution in [1.82, 2.24) is 4.98 Å². The van der Waals surface area contributed by atoms with Crippen LogP contribution in [0, 0.1) is 13.8 Å². The summed E-state index contributed by atoms with van der Waals surface area (Å²) in [6.07, 6.45) is 1.61. The first-order chi connectivity index (χ1) is 8.58. The molecule has 18 heavy (non-hydrogen) atoms. The van der Waals surface area contributed by atoms with Gasteiger partial charge in [-0.25, -0.2) is 4.98 Å². The van der Waals surface area contributed by atoms with Gasteiger partial charge < -0.3 is 10.4 Å². The Morgan fingerprint density at radius 1 is 1.22 bits per heavy atom. The van der Waals surface area contributed by atoms with Crippen LogP contribution < -0.4 is 5.32 Å². The summed E-state index contributed by atoms with van der Waals surface area (Å²) in [5.41, 5.74) is 1.87. The van der Waals surface area contributed by atoms with Crippen molar-refractivity contribution in [2.45, 2.75) is 13.8 Å². The Morgan fingerprint density at radius 2 is 1.89 bits per heavy atom. The highest BCUT2D eigenvalue weighted by atomic mass is 16.3. The van der Waals surface area contributed by atoms with Crippen LogP contribution in [0.4, 0.5) is 5.82 Å². The number of aromatic nitrogens is 1. The molecule has 92 valence electrons. The molecule has 0 aliphatic carbocycles. The number of carbonyl (C=O) groups excluding carboxylic acids is 1. The number of pyridine rings is 1. The summed E-state index contributed by atoms with van der Waals surface area (Å²) >= 11 is 0. The number of nitrogens with zero attached hydrogens (tertiary/aromatic N) is 1. The lowest BCUT2D eigenvalue weighted by atomic mass is 10.1. The van der Waals surface area contributed by atoms with Gasteiger partial charge in [0, 0.05) is 11.8 Å². The number of carbonyl (C=O) groups is 1. The van der Waals surface area contributed by atoms with Crippen LogP contribution >= 0.6 is 0 Å². The predicted molar refractivity (Wildman–Crippen MR) is 69.8 cm³/mol. The molecular weight excluding hydrogens is 228 g/mol. The molecule has 0 saturated heterocycles. The molecule has 0 unspecified atom stereocenters. The van der Waals surface area contributed by atoms with Gasteiger partial charge in [0.2, 0.25) is 0 Å². The minimum absolute atomic E-state index is 0.226. The largest absolute Gasteiger partial charge is 0.507 e. The second-order valence-corrected chi connectivity index (χ2v) is 4.13. The van der Waals surface area contributed by atoms with E-state index >= 15 is 0 Å². The van der Waals surface area contributed by atoms with Crippen molar-refractivity contribution < 1.29 is 9.90 Å². The second-order valence-electron chi connectivity index (χ2n) is 4.13. The van der Waals surface area contributed by atoms with E-state index in [1.807, 2.05) is 0 Å². The number of hydrogen-bond acceptors (Lipinski definition) is 3. The molecule has 0 atom stereocenters. The number of aryl methyl sites for hydroxylation is 2. The van der Waals surface area contributed by atoms with Crippen molar-refractivity contribution in [3.8, 4) is 5.75 Å². The molecule has 2 N–H and O–H groups in total. The Labute approximate surface area is 105 Å². The number of amides is 1. The van der Waals surface area contributed by atoms with E-state index in [0.29, 0.717) is 22.5 Å². The van der Waals surface area contributed by atoms with Crippen molar-refractivity contribution in [3.63, 3.8) is 0 Å². The SMILES string of the molecule is Cc1cc(C(=O)Nc2ccccn2)cc(C)c1O. The highest BCUT2D eigenvalue weighted by molar-refractivity contribution is 6.04. The number of rotatable bonds is 2. The zero-order valence-electron chi connectivity index (χ0n) is 10.3. The fourth-order valence-electron chi connectivity index (χ4n) is 1.71. The number of aromatic hydroxyl groups is 1. The highest BCUT2D eigenvalue weighted by Crippen LogP contribution is 2.23. The third-order valence-electron chi connectivity index (χ3n) is 2.66. The maximum absolute atomic E-state index is 12.0. The molecule has 0 fully saturated rings. The van der Waals surface area contributed by atoms with E-state index in [2.05, 4.69) is 10.3 Å². The molecule has 1 aromatic carbocycles. The van der Waals surface area contributed by atoms with Crippen LogP contribution in [0.3, 0.4) is 0 Å². The normalized spacial score (nSPS) is 10.1. The van der Waals surface area contributed by atoms with E-state index in [1.165, 1.54) is 0 Å². The van der Waals surface area contributed by atoms with Gasteiger partial charge >= 0.3 is 0 Å². The third kappa shape index (κ3) is 2.48. The van der Waals surface area contributed by atoms with E-state index < -0.39 is 0 Å². The van der Waals surface area contributed by atoms with Crippen molar-refractivity contribution in [2.24, 2.45) is 0 Å². The van der Waals surface area contributed by atoms with Gasteiger partial charge in [0.15, 0.2) is 0 Å². The van der Waals surface area contributed by atoms with Crippen LogP contribution in [0.15, 0.2) is 36.5 Å². The topological polar surface area (TPSA) is 62.2 Å². The number of nitrogens with one attached hydrogen (secondary N) is 1. The van der Waals surface area contributed by atoms with Gasteiger partial charge in [-0.15, -0.1) is 0 Å². The standard InChI is InChI=1S/C14H14N2O2/c1-9-7-11(8-10(2)13(9)17)14(18)16-12-5-3-4-6-15-12/h3-8,17H,1-2H3,(H,15,16,18). The summed E-state index contributed by atoms with van der Waals surface area (Å²) < 4.78 is 0. The lowest BCUT2D eigenvalue weighted by molar-refractivity contribution is 0.102. The van der Waals surface area contributed by atoms with E-state index in [-0.39, 0.29) is 11.7 Å². The van der Waals surface area contributed by atoms with Crippen LogP contribution in [0.5, 0.6) is 5.75 Å². The first-order valence-corrected chi connectivity index (χ1v) is 5.60. The summed E-state index contributed by atoms with van der Waals surface area (Å²) in [4.78, 5) is 16.0. The van der Waals surface area contributed by atoms with Crippen molar-refractivity contribution in [1.29, 1.82) is 0 Å². The van der Waals surface area contributed by atoms with Crippen LogP contribution in [0.1, 0.15) is 21.5 Å². The molecule has 2 rings (SSSR count). The first-order valence-electron chi connectivity index (χ1n) is 5.60. The zero-order chi connectivity index (χ0) is 13.1. The van der Waals surface area contributed by atoms with Crippen molar-refractivity contribution >= 4 is 11.7 Å². The maximum atomic E-state index is 12.0. The Hall–Kier alpha value is -2.36. The molecule has 0 saturated carbocycles. The molecule has 2 aromatic rings. The molecule has 1 heterocycles. The molecule has 0 bridgehead atoms. The fraction of sp³-hybridized carbons (Fsp3) is 0.143. The number of benzene rings is 1. The van der Waals surface area contributed by atoms with Gasteiger partial charge in [-0.05, 0) is 49.2 Å². The van der Waals surface area contributed by atoms with Crippen LogP contribution in [-0.2, 0) is 0 Å². The monoisotopic (exact) mass is 242 g/mol. The number of phenols is 1. The molecular formula is C14H14N2O2. The van der Waals surface area contributed by atoms with E-state index in [1.54, 1.807) is 50.4 Å². The van der Waals surface area contributed by atoms with Crippen LogP contribution in [0.25, 0.3) is 0 Å². The van der Waals surface area contributed by atoms with E-state index in [9.17, 15) is 9.90 Å². The van der Waals surface area contributed by atoms with Gasteiger partial charge in [0.05, 0.1) is 0 Å². The molecule has 0 spiro atoms. The summed E-state index contributed by atoms with van der Waals surface area (Å²) in [7, 11) is 0. The highest BCUT2D eigenvalue weighted by Gasteiger charge is 2.10. The summed E-state index contributed by atoms with van der Waals surface area (Å²) in [6.45, 7) is 3.53.